The summed E-state index contributed by atoms with van der Waals surface area (Å²) in [4.78, 5) is 203. The summed E-state index contributed by atoms with van der Waals surface area (Å²) in [5, 5.41) is 41.4. The first-order valence-corrected chi connectivity index (χ1v) is 36.2. The van der Waals surface area contributed by atoms with Gasteiger partial charge in [-0.25, -0.2) is 4.98 Å². The van der Waals surface area contributed by atoms with Crippen molar-refractivity contribution in [1.82, 2.24) is 67.6 Å². The van der Waals surface area contributed by atoms with E-state index in [9.17, 15) is 67.4 Å². The molecule has 5 rings (SSSR count). The minimum absolute atomic E-state index is 0.000953. The van der Waals surface area contributed by atoms with E-state index in [1.807, 2.05) is 20.1 Å². The number of nitrogens with zero attached hydrogens (tertiary/aromatic N) is 4. The number of imidazole rings is 1. The molecule has 105 heavy (non-hydrogen) atoms. The summed E-state index contributed by atoms with van der Waals surface area (Å²) in [6.07, 6.45) is 5.54. The molecule has 36 heteroatoms. The molecule has 3 aromatic rings. The number of benzene rings is 2. The number of amides is 13. The van der Waals surface area contributed by atoms with Crippen molar-refractivity contribution in [2.24, 2.45) is 45.5 Å². The van der Waals surface area contributed by atoms with Gasteiger partial charge >= 0.3 is 0 Å². The molecule has 0 saturated carbocycles. The van der Waals surface area contributed by atoms with Gasteiger partial charge in [-0.3, -0.25) is 72.1 Å². The number of nitrogens with one attached hydrogen (secondary N) is 10. The minimum atomic E-state index is -1.74. The maximum atomic E-state index is 14.7. The Kier molecular flexibility index (Phi) is 36.9. The number of aliphatic hydroxyl groups is 1. The highest BCUT2D eigenvalue weighted by Crippen LogP contribution is 2.23. The van der Waals surface area contributed by atoms with Gasteiger partial charge in [0.2, 0.25) is 76.8 Å². The van der Waals surface area contributed by atoms with Gasteiger partial charge in [-0.05, 0) is 99.7 Å². The predicted octanol–water partition coefficient (Wildman–Crippen LogP) is -3.53. The van der Waals surface area contributed by atoms with Crippen molar-refractivity contribution in [1.29, 1.82) is 0 Å². The number of primary amides is 2. The highest BCUT2D eigenvalue weighted by Gasteiger charge is 2.42. The molecule has 12 unspecified atom stereocenters. The Morgan fingerprint density at radius 1 is 0.571 bits per heavy atom. The molecule has 2 aliphatic rings. The van der Waals surface area contributed by atoms with Crippen LogP contribution in [0.25, 0.3) is 0 Å². The van der Waals surface area contributed by atoms with Crippen LogP contribution >= 0.6 is 11.8 Å². The number of aliphatic hydroxyl groups excluding tert-OH is 1. The number of aliphatic carboxylic acids is 1. The number of carboxylic acids is 1. The van der Waals surface area contributed by atoms with Crippen LogP contribution in [0.3, 0.4) is 0 Å². The number of nitrogens with two attached hydrogens (primary N) is 5. The third-order valence-electron chi connectivity index (χ3n) is 16.9. The van der Waals surface area contributed by atoms with E-state index in [-0.39, 0.29) is 88.8 Å². The molecule has 0 aliphatic carbocycles. The fourth-order valence-electron chi connectivity index (χ4n) is 11.7. The molecule has 35 nitrogen and oxygen atoms in total. The summed E-state index contributed by atoms with van der Waals surface area (Å²) in [6, 6.07) is 1.39. The van der Waals surface area contributed by atoms with E-state index in [4.69, 9.17) is 38.6 Å². The molecule has 22 N–H and O–H groups in total. The number of carboxylic acid groups (broad SMARTS) is 1. The monoisotopic (exact) mass is 1490 g/mol. The molecule has 578 valence electrons. The van der Waals surface area contributed by atoms with Crippen LogP contribution in [0.4, 0.5) is 0 Å². The molecule has 2 aliphatic heterocycles. The van der Waals surface area contributed by atoms with Gasteiger partial charge in [0.15, 0.2) is 5.96 Å². The Morgan fingerprint density at radius 2 is 1.02 bits per heavy atom. The molecule has 2 fully saturated rings. The van der Waals surface area contributed by atoms with Gasteiger partial charge in [-0.15, -0.1) is 0 Å². The largest absolute Gasteiger partial charge is 0.481 e. The van der Waals surface area contributed by atoms with Crippen molar-refractivity contribution < 1.29 is 77.3 Å². The number of rotatable bonds is 41. The summed E-state index contributed by atoms with van der Waals surface area (Å²) in [5.74, 6) is -11.6. The van der Waals surface area contributed by atoms with Crippen molar-refractivity contribution in [3.8, 4) is 0 Å². The molecule has 12 atom stereocenters. The molecule has 2 aromatic carbocycles. The summed E-state index contributed by atoms with van der Waals surface area (Å²) in [5.41, 5.74) is 30.2. The summed E-state index contributed by atoms with van der Waals surface area (Å²) >= 11 is 1.52. The van der Waals surface area contributed by atoms with Crippen molar-refractivity contribution in [2.45, 2.75) is 198 Å². The number of hydrogen-bond donors (Lipinski definition) is 17. The van der Waals surface area contributed by atoms with Gasteiger partial charge in [0, 0.05) is 57.7 Å². The number of hydrogen-bond acceptors (Lipinski definition) is 19. The molecular weight excluding hydrogens is 1380 g/mol. The average Bonchev–Trinajstić information content (AvgIpc) is 1.76. The second kappa shape index (κ2) is 44.4. The van der Waals surface area contributed by atoms with Crippen LogP contribution in [0, 0.1) is 11.8 Å². The first-order chi connectivity index (χ1) is 49.7. The Labute approximate surface area is 614 Å². The molecular formula is C69H105N19O16S. The molecule has 0 spiro atoms. The van der Waals surface area contributed by atoms with Crippen molar-refractivity contribution >= 4 is 100 Å². The first kappa shape index (κ1) is 87.2. The fourth-order valence-corrected chi connectivity index (χ4v) is 12.2. The van der Waals surface area contributed by atoms with E-state index in [1.165, 1.54) is 41.0 Å². The van der Waals surface area contributed by atoms with Crippen LogP contribution in [-0.4, -0.2) is 229 Å². The number of thioether (sulfide) groups is 1. The number of aromatic nitrogens is 2. The second-order valence-electron chi connectivity index (χ2n) is 26.6. The zero-order valence-corrected chi connectivity index (χ0v) is 61.2. The highest BCUT2D eigenvalue weighted by molar-refractivity contribution is 7.98. The van der Waals surface area contributed by atoms with Crippen LogP contribution < -0.4 is 76.5 Å². The fraction of sp³-hybridized carbons (Fsp3) is 0.565. The Morgan fingerprint density at radius 3 is 1.53 bits per heavy atom. The Hall–Kier alpha value is -10.2. The van der Waals surface area contributed by atoms with Gasteiger partial charge < -0.3 is 102 Å². The lowest BCUT2D eigenvalue weighted by molar-refractivity contribution is -0.143. The third-order valence-corrected chi connectivity index (χ3v) is 17.6. The first-order valence-electron chi connectivity index (χ1n) is 34.8. The number of guanidine groups is 1. The predicted molar refractivity (Wildman–Crippen MR) is 388 cm³/mol. The standard InChI is InChI=1S/C67H101N19O14S.C2H4O2/c1-37(2)28-46(59(93)77-44(20-13-24-74-67(71)72)57(91)78-45(55(70)89)30-40-16-9-7-10-17-40)81-64(98)53-22-15-26-86(53)66(100)50(29-38(3)4)83-61(95)49(33-54(69)88)79-56(90)39(5)76-58(92)47(31-41-18-11-8-12-19-41)80-62(96)51(35-87)84-60(94)48(32-42-34-73-36-75-42)82-63(97)52-21-14-25-85(52)65(99)43(68)23-27-101-6;1-2(3)4/h7-12,16-19,34,36-39,43-53,87H,13-15,20-33,35,68H2,1-6H3,(H2,69,88)(H2,70,89)(H,73,75)(H,76,92)(H,77,93)(H,78,91)(H,79,90)(H,80,96)(H,81,98)(H,82,97)(H,83,95)(H,84,94)(H4,71,72,74);1H3,(H,3,4). The lowest BCUT2D eigenvalue weighted by atomic mass is 10.00. The van der Waals surface area contributed by atoms with Crippen molar-refractivity contribution in [3.05, 3.63) is 90.0 Å². The minimum Gasteiger partial charge on any atom is -0.481 e. The van der Waals surface area contributed by atoms with Gasteiger partial charge in [0.25, 0.3) is 5.97 Å². The smallest absolute Gasteiger partial charge is 0.300 e. The van der Waals surface area contributed by atoms with E-state index in [2.05, 4.69) is 62.8 Å². The van der Waals surface area contributed by atoms with E-state index in [1.54, 1.807) is 74.5 Å². The highest BCUT2D eigenvalue weighted by atomic mass is 32.2. The maximum Gasteiger partial charge on any atom is 0.300 e. The number of likely N-dealkylation sites (tertiary alicyclic amines) is 2. The van der Waals surface area contributed by atoms with Gasteiger partial charge in [0.05, 0.1) is 25.4 Å². The Balaban J connectivity index is 0.00000568. The number of carbonyl (C=O) groups is 14. The van der Waals surface area contributed by atoms with E-state index in [0.717, 1.165) is 6.92 Å². The van der Waals surface area contributed by atoms with Gasteiger partial charge in [0.1, 0.15) is 66.5 Å². The maximum absolute atomic E-state index is 14.7. The molecule has 2 saturated heterocycles. The van der Waals surface area contributed by atoms with Crippen molar-refractivity contribution in [2.75, 3.05) is 38.2 Å². The topological polar surface area (TPSA) is 565 Å². The lowest BCUT2D eigenvalue weighted by Gasteiger charge is -2.32. The summed E-state index contributed by atoms with van der Waals surface area (Å²) < 4.78 is 0. The number of H-pyrrole nitrogens is 1. The van der Waals surface area contributed by atoms with Crippen LogP contribution in [0.1, 0.15) is 123 Å². The number of aromatic amines is 1. The average molecular weight is 1490 g/mol. The number of aliphatic imine (C=N–C) groups is 1. The quantitative estimate of drug-likeness (QED) is 0.0149. The summed E-state index contributed by atoms with van der Waals surface area (Å²) in [7, 11) is 0. The number of carbonyl (C=O) groups excluding carboxylic acids is 13. The van der Waals surface area contributed by atoms with Crippen molar-refractivity contribution in [3.63, 3.8) is 0 Å². The van der Waals surface area contributed by atoms with Crippen LogP contribution in [0.2, 0.25) is 0 Å². The third kappa shape index (κ3) is 30.2. The molecule has 0 radical (unpaired) electrons. The SMILES string of the molecule is CC(=O)O.CSCCC(N)C(=O)N1CCCC1C(=O)NC(Cc1cnc[nH]1)C(=O)NC(CO)C(=O)NC(Cc1ccccc1)C(=O)NC(C)C(=O)NC(CC(N)=O)C(=O)NC(CC(C)C)C(=O)N1CCCC1C(=O)NC(CC(C)C)C(=O)NC(CCCN=C(N)N)C(=O)NC(Cc1ccccc1)C(N)=O. The second-order valence-corrected chi connectivity index (χ2v) is 27.6. The van der Waals surface area contributed by atoms with E-state index < -0.39 is 168 Å². The van der Waals surface area contributed by atoms with Crippen LogP contribution in [0.15, 0.2) is 78.2 Å². The van der Waals surface area contributed by atoms with E-state index >= 15 is 0 Å². The summed E-state index contributed by atoms with van der Waals surface area (Å²) in [6.45, 7) is 8.92. The van der Waals surface area contributed by atoms with Gasteiger partial charge in [-0.2, -0.15) is 11.8 Å². The zero-order valence-electron chi connectivity index (χ0n) is 60.4. The Bertz CT molecular complexity index is 3440. The molecule has 13 amide bonds. The van der Waals surface area contributed by atoms with E-state index in [0.29, 0.717) is 48.3 Å². The lowest BCUT2D eigenvalue weighted by Crippen LogP contribution is -2.61. The zero-order chi connectivity index (χ0) is 78.0. The normalized spacial score (nSPS) is 16.8. The molecule has 3 heterocycles. The van der Waals surface area contributed by atoms with Crippen LogP contribution in [0.5, 0.6) is 0 Å². The van der Waals surface area contributed by atoms with Gasteiger partial charge in [-0.1, -0.05) is 88.4 Å². The van der Waals surface area contributed by atoms with Crippen LogP contribution in [-0.2, 0) is 86.4 Å². The molecule has 1 aromatic heterocycles. The molecule has 0 bridgehead atoms.